The number of fused-ring (bicyclic) bond motifs is 5. The summed E-state index contributed by atoms with van der Waals surface area (Å²) < 4.78 is 20.8. The van der Waals surface area contributed by atoms with Gasteiger partial charge in [0.1, 0.15) is 5.82 Å². The average Bonchev–Trinajstić information content (AvgIpc) is 3.43. The Morgan fingerprint density at radius 2 is 2.09 bits per heavy atom. The number of phenols is 1. The Labute approximate surface area is 192 Å². The van der Waals surface area contributed by atoms with Gasteiger partial charge in [-0.1, -0.05) is 13.0 Å². The zero-order valence-electron chi connectivity index (χ0n) is 18.8. The van der Waals surface area contributed by atoms with E-state index in [-0.39, 0.29) is 11.6 Å². The van der Waals surface area contributed by atoms with Crippen LogP contribution in [0.3, 0.4) is 0 Å². The summed E-state index contributed by atoms with van der Waals surface area (Å²) in [5, 5.41) is 24.2. The van der Waals surface area contributed by atoms with Gasteiger partial charge in [0.05, 0.1) is 16.7 Å². The van der Waals surface area contributed by atoms with E-state index >= 15 is 0 Å². The number of nitrogens with zero attached hydrogens (tertiary/aromatic N) is 1. The van der Waals surface area contributed by atoms with Crippen molar-refractivity contribution >= 4 is 10.9 Å². The number of aromatic hydroxyl groups is 1. The lowest BCUT2D eigenvalue weighted by atomic mass is 9.54. The van der Waals surface area contributed by atoms with Crippen molar-refractivity contribution in [3.05, 3.63) is 58.5 Å². The Bertz CT molecular complexity index is 1300. The summed E-state index contributed by atoms with van der Waals surface area (Å²) in [6, 6.07) is 8.46. The van der Waals surface area contributed by atoms with Crippen LogP contribution >= 0.6 is 0 Å². The molecule has 2 aliphatic carbocycles. The third-order valence-electron chi connectivity index (χ3n) is 8.72. The molecular formula is C27H29FN2O3. The second kappa shape index (κ2) is 6.51. The number of hydrogen-bond acceptors (Lipinski definition) is 4. The molecule has 3 heterocycles. The van der Waals surface area contributed by atoms with Gasteiger partial charge in [0.25, 0.3) is 0 Å². The minimum Gasteiger partial charge on any atom is -0.504 e. The van der Waals surface area contributed by atoms with Crippen LogP contribution in [0.25, 0.3) is 10.9 Å². The Balaban J connectivity index is 1.48. The molecule has 172 valence electrons. The zero-order chi connectivity index (χ0) is 22.5. The first-order valence-corrected chi connectivity index (χ1v) is 12.2. The smallest absolute Gasteiger partial charge is 0.166 e. The van der Waals surface area contributed by atoms with Crippen molar-refractivity contribution in [2.75, 3.05) is 19.6 Å². The Morgan fingerprint density at radius 3 is 2.88 bits per heavy atom. The number of aryl methyl sites for hydroxylation is 1. The molecule has 2 aliphatic heterocycles. The fourth-order valence-corrected chi connectivity index (χ4v) is 7.04. The van der Waals surface area contributed by atoms with Crippen LogP contribution in [0.15, 0.2) is 30.3 Å². The second-order valence-corrected chi connectivity index (χ2v) is 10.6. The van der Waals surface area contributed by atoms with Crippen LogP contribution in [-0.2, 0) is 18.3 Å². The van der Waals surface area contributed by atoms with Crippen molar-refractivity contribution in [2.24, 2.45) is 5.92 Å². The number of rotatable bonds is 3. The first-order valence-electron chi connectivity index (χ1n) is 12.2. The minimum atomic E-state index is -1.08. The number of aromatic nitrogens is 1. The lowest BCUT2D eigenvalue weighted by Gasteiger charge is -2.56. The summed E-state index contributed by atoms with van der Waals surface area (Å²) in [7, 11) is 0. The van der Waals surface area contributed by atoms with Gasteiger partial charge in [0.15, 0.2) is 17.6 Å². The number of benzene rings is 2. The molecule has 33 heavy (non-hydrogen) atoms. The predicted octanol–water partition coefficient (Wildman–Crippen LogP) is 4.35. The molecule has 3 aromatic rings. The van der Waals surface area contributed by atoms with Crippen LogP contribution in [0.2, 0.25) is 0 Å². The van der Waals surface area contributed by atoms with Gasteiger partial charge in [-0.05, 0) is 73.5 Å². The number of aliphatic hydroxyl groups is 1. The van der Waals surface area contributed by atoms with Crippen LogP contribution in [0, 0.1) is 11.7 Å². The normalized spacial score (nSPS) is 30.5. The van der Waals surface area contributed by atoms with E-state index in [0.29, 0.717) is 18.7 Å². The topological polar surface area (TPSA) is 68.7 Å². The number of ether oxygens (including phenoxy) is 1. The summed E-state index contributed by atoms with van der Waals surface area (Å²) in [5.74, 6) is 1.08. The number of likely N-dealkylation sites (tertiary alicyclic amines) is 1. The minimum absolute atomic E-state index is 0.123. The molecule has 0 unspecified atom stereocenters. The molecule has 1 saturated carbocycles. The SMILES string of the molecule is CCc1ccc(O)c2c1[C@]13CCN(CC4CC4)C[C@]1(O)Cc1c([nH]c4ccc(F)cc14)[C@@H]3O2. The van der Waals surface area contributed by atoms with Crippen LogP contribution in [0.5, 0.6) is 11.5 Å². The fourth-order valence-electron chi connectivity index (χ4n) is 7.04. The summed E-state index contributed by atoms with van der Waals surface area (Å²) in [4.78, 5) is 5.92. The average molecular weight is 449 g/mol. The molecule has 1 aromatic heterocycles. The molecule has 6 heteroatoms. The summed E-state index contributed by atoms with van der Waals surface area (Å²) in [6.07, 6.45) is 4.09. The maximum atomic E-state index is 14.2. The molecule has 4 aliphatic rings. The van der Waals surface area contributed by atoms with Gasteiger partial charge >= 0.3 is 0 Å². The number of phenolic OH excluding ortho intramolecular Hbond substituents is 1. The molecule has 2 fully saturated rings. The van der Waals surface area contributed by atoms with Crippen LogP contribution in [0.4, 0.5) is 4.39 Å². The van der Waals surface area contributed by atoms with E-state index in [0.717, 1.165) is 65.1 Å². The highest BCUT2D eigenvalue weighted by Gasteiger charge is 2.68. The van der Waals surface area contributed by atoms with Gasteiger partial charge in [0, 0.05) is 36.0 Å². The molecule has 3 N–H and O–H groups in total. The van der Waals surface area contributed by atoms with Gasteiger partial charge in [0.2, 0.25) is 0 Å². The quantitative estimate of drug-likeness (QED) is 0.557. The molecule has 0 amide bonds. The third-order valence-corrected chi connectivity index (χ3v) is 8.72. The van der Waals surface area contributed by atoms with Gasteiger partial charge in [-0.2, -0.15) is 0 Å². The molecule has 0 bridgehead atoms. The van der Waals surface area contributed by atoms with Crippen molar-refractivity contribution in [1.29, 1.82) is 0 Å². The van der Waals surface area contributed by atoms with Gasteiger partial charge in [-0.25, -0.2) is 4.39 Å². The molecule has 1 saturated heterocycles. The molecule has 5 nitrogen and oxygen atoms in total. The molecule has 3 atom stereocenters. The summed E-state index contributed by atoms with van der Waals surface area (Å²) in [6.45, 7) is 4.58. The van der Waals surface area contributed by atoms with E-state index in [2.05, 4.69) is 16.8 Å². The third kappa shape index (κ3) is 2.54. The van der Waals surface area contributed by atoms with Gasteiger partial charge in [-0.3, -0.25) is 0 Å². The molecular weight excluding hydrogens is 419 g/mol. The highest BCUT2D eigenvalue weighted by Crippen LogP contribution is 2.65. The van der Waals surface area contributed by atoms with E-state index in [1.54, 1.807) is 18.2 Å². The second-order valence-electron chi connectivity index (χ2n) is 10.6. The van der Waals surface area contributed by atoms with Crippen LogP contribution in [0.1, 0.15) is 54.7 Å². The van der Waals surface area contributed by atoms with Crippen molar-refractivity contribution in [3.63, 3.8) is 0 Å². The van der Waals surface area contributed by atoms with E-state index in [4.69, 9.17) is 4.74 Å². The molecule has 0 radical (unpaired) electrons. The van der Waals surface area contributed by atoms with Crippen molar-refractivity contribution in [1.82, 2.24) is 9.88 Å². The number of aromatic amines is 1. The first kappa shape index (κ1) is 19.9. The lowest BCUT2D eigenvalue weighted by molar-refractivity contribution is -0.132. The Morgan fingerprint density at radius 1 is 1.24 bits per heavy atom. The Hall–Kier alpha value is -2.57. The van der Waals surface area contributed by atoms with E-state index < -0.39 is 17.1 Å². The highest BCUT2D eigenvalue weighted by atomic mass is 19.1. The summed E-state index contributed by atoms with van der Waals surface area (Å²) >= 11 is 0. The van der Waals surface area contributed by atoms with Crippen LogP contribution < -0.4 is 4.74 Å². The standard InChI is InChI=1S/C27H29FN2O3/c1-2-16-5-8-21(31)24-22(16)27-9-10-30(13-15-3-4-15)14-26(27,32)12-19-18-11-17(28)6-7-20(18)29-23(19)25(27)33-24/h5-8,11,15,25,29,31-32H,2-4,9-10,12-14H2,1H3/t25-,26+,27-/m0/s1. The van der Waals surface area contributed by atoms with Gasteiger partial charge in [-0.15, -0.1) is 0 Å². The lowest BCUT2D eigenvalue weighted by Crippen LogP contribution is -2.67. The van der Waals surface area contributed by atoms with E-state index in [1.807, 2.05) is 6.07 Å². The maximum Gasteiger partial charge on any atom is 0.166 e. The number of piperidine rings is 1. The van der Waals surface area contributed by atoms with Gasteiger partial charge < -0.3 is 24.8 Å². The number of H-pyrrole nitrogens is 1. The molecule has 7 rings (SSSR count). The monoisotopic (exact) mass is 448 g/mol. The van der Waals surface area contributed by atoms with Crippen molar-refractivity contribution in [3.8, 4) is 11.5 Å². The number of β-amino-alcohol motifs (C(OH)–C–C–N with tert-alkyl or cyclic N) is 1. The summed E-state index contributed by atoms with van der Waals surface area (Å²) in [5.41, 5.74) is 3.05. The molecule has 1 spiro atoms. The number of hydrogen-bond donors (Lipinski definition) is 3. The number of nitrogens with one attached hydrogen (secondary N) is 1. The highest BCUT2D eigenvalue weighted by molar-refractivity contribution is 5.86. The predicted molar refractivity (Wildman–Crippen MR) is 123 cm³/mol. The van der Waals surface area contributed by atoms with E-state index in [1.165, 1.54) is 18.9 Å². The number of halogens is 1. The van der Waals surface area contributed by atoms with Crippen molar-refractivity contribution in [2.45, 2.75) is 56.1 Å². The van der Waals surface area contributed by atoms with E-state index in [9.17, 15) is 14.6 Å². The first-order chi connectivity index (χ1) is 15.9. The fraction of sp³-hybridized carbons (Fsp3) is 0.481. The zero-order valence-corrected chi connectivity index (χ0v) is 18.8. The Kier molecular flexibility index (Phi) is 3.92. The largest absolute Gasteiger partial charge is 0.504 e. The maximum absolute atomic E-state index is 14.2. The van der Waals surface area contributed by atoms with Crippen molar-refractivity contribution < 1.29 is 19.3 Å². The molecule has 2 aromatic carbocycles. The van der Waals surface area contributed by atoms with Crippen LogP contribution in [-0.4, -0.2) is 45.3 Å².